The van der Waals surface area contributed by atoms with Gasteiger partial charge in [-0.05, 0) is 25.5 Å². The second-order valence-electron chi connectivity index (χ2n) is 4.81. The highest BCUT2D eigenvalue weighted by molar-refractivity contribution is 5.92. The first-order chi connectivity index (χ1) is 11.1. The molecular weight excluding hydrogens is 300 g/mol. The van der Waals surface area contributed by atoms with E-state index in [9.17, 15) is 9.59 Å². The van der Waals surface area contributed by atoms with Gasteiger partial charge in [-0.1, -0.05) is 30.3 Å². The number of amides is 1. The molecule has 7 heteroatoms. The molecule has 0 saturated heterocycles. The molecule has 0 saturated carbocycles. The van der Waals surface area contributed by atoms with Crippen LogP contribution in [0.4, 0.5) is 5.82 Å². The number of hydrogen-bond donors (Lipinski definition) is 1. The van der Waals surface area contributed by atoms with Crippen LogP contribution in [0.2, 0.25) is 0 Å². The van der Waals surface area contributed by atoms with E-state index in [-0.39, 0.29) is 5.82 Å². The van der Waals surface area contributed by atoms with Crippen molar-refractivity contribution in [1.82, 2.24) is 5.16 Å². The van der Waals surface area contributed by atoms with E-state index in [1.807, 2.05) is 6.07 Å². The van der Waals surface area contributed by atoms with Crippen LogP contribution in [-0.2, 0) is 14.3 Å². The molecule has 2 rings (SSSR count). The van der Waals surface area contributed by atoms with Crippen molar-refractivity contribution in [2.75, 3.05) is 11.9 Å². The van der Waals surface area contributed by atoms with Crippen molar-refractivity contribution in [2.45, 2.75) is 26.4 Å². The summed E-state index contributed by atoms with van der Waals surface area (Å²) in [7, 11) is 0. The molecule has 0 aliphatic rings. The Balaban J connectivity index is 1.81. The minimum absolute atomic E-state index is 0.274. The summed E-state index contributed by atoms with van der Waals surface area (Å²) in [4.78, 5) is 23.7. The van der Waals surface area contributed by atoms with Crippen LogP contribution in [0.3, 0.4) is 0 Å². The zero-order chi connectivity index (χ0) is 16.7. The Bertz CT molecular complexity index is 654. The van der Waals surface area contributed by atoms with Crippen LogP contribution in [0.15, 0.2) is 40.9 Å². The topological polar surface area (TPSA) is 90.7 Å². The summed E-state index contributed by atoms with van der Waals surface area (Å²) in [5.41, 5.74) is 0. The standard InChI is InChI=1S/C16H18N2O5/c1-3-13(22-12-7-5-4-6-8-12)16(20)21-10-15(19)17-14-9-11(2)23-18-14/h4-9,13H,3,10H2,1-2H3,(H,17,18,19)/t13-/m0/s1. The number of rotatable bonds is 7. The minimum Gasteiger partial charge on any atom is -0.479 e. The van der Waals surface area contributed by atoms with Gasteiger partial charge in [0.25, 0.3) is 5.91 Å². The maximum absolute atomic E-state index is 12.0. The molecule has 0 aliphatic heterocycles. The lowest BCUT2D eigenvalue weighted by Gasteiger charge is -2.16. The fraction of sp³-hybridized carbons (Fsp3) is 0.312. The predicted molar refractivity (Wildman–Crippen MR) is 82.0 cm³/mol. The SMILES string of the molecule is CC[C@H](Oc1ccccc1)C(=O)OCC(=O)Nc1cc(C)on1. The van der Waals surface area contributed by atoms with Crippen LogP contribution in [0, 0.1) is 6.92 Å². The maximum Gasteiger partial charge on any atom is 0.347 e. The van der Waals surface area contributed by atoms with Gasteiger partial charge in [0.15, 0.2) is 18.5 Å². The van der Waals surface area contributed by atoms with Gasteiger partial charge >= 0.3 is 5.97 Å². The summed E-state index contributed by atoms with van der Waals surface area (Å²) in [6, 6.07) is 10.5. The molecule has 1 N–H and O–H groups in total. The molecule has 2 aromatic rings. The lowest BCUT2D eigenvalue weighted by atomic mass is 10.2. The number of carbonyl (C=O) groups excluding carboxylic acids is 2. The third-order valence-electron chi connectivity index (χ3n) is 2.90. The van der Waals surface area contributed by atoms with Crippen LogP contribution in [0.25, 0.3) is 0 Å². The molecule has 0 aliphatic carbocycles. The van der Waals surface area contributed by atoms with Gasteiger partial charge in [0.05, 0.1) is 0 Å². The first kappa shape index (κ1) is 16.5. The van der Waals surface area contributed by atoms with E-state index < -0.39 is 24.6 Å². The van der Waals surface area contributed by atoms with Crippen molar-refractivity contribution in [3.8, 4) is 5.75 Å². The summed E-state index contributed by atoms with van der Waals surface area (Å²) in [6.07, 6.45) is -0.336. The molecule has 0 radical (unpaired) electrons. The summed E-state index contributed by atoms with van der Waals surface area (Å²) in [5, 5.41) is 6.08. The third kappa shape index (κ3) is 5.14. The molecule has 0 unspecified atom stereocenters. The third-order valence-corrected chi connectivity index (χ3v) is 2.90. The average molecular weight is 318 g/mol. The monoisotopic (exact) mass is 318 g/mol. The highest BCUT2D eigenvalue weighted by atomic mass is 16.6. The van der Waals surface area contributed by atoms with E-state index in [2.05, 4.69) is 10.5 Å². The van der Waals surface area contributed by atoms with Crippen molar-refractivity contribution in [3.05, 3.63) is 42.2 Å². The Hall–Kier alpha value is -2.83. The number of aryl methyl sites for hydroxylation is 1. The van der Waals surface area contributed by atoms with Gasteiger partial charge in [-0.2, -0.15) is 0 Å². The van der Waals surface area contributed by atoms with Crippen LogP contribution in [0.1, 0.15) is 19.1 Å². The van der Waals surface area contributed by atoms with E-state index in [1.54, 1.807) is 44.2 Å². The van der Waals surface area contributed by atoms with E-state index in [0.717, 1.165) is 0 Å². The Kier molecular flexibility index (Phi) is 5.74. The number of para-hydroxylation sites is 1. The number of nitrogens with one attached hydrogen (secondary N) is 1. The first-order valence-electron chi connectivity index (χ1n) is 7.20. The Morgan fingerprint density at radius 2 is 2.04 bits per heavy atom. The lowest BCUT2D eigenvalue weighted by molar-refractivity contribution is -0.154. The fourth-order valence-corrected chi connectivity index (χ4v) is 1.80. The fourth-order valence-electron chi connectivity index (χ4n) is 1.80. The minimum atomic E-state index is -0.764. The molecule has 1 aromatic carbocycles. The molecular formula is C16H18N2O5. The number of carbonyl (C=O) groups is 2. The van der Waals surface area contributed by atoms with Crippen molar-refractivity contribution in [2.24, 2.45) is 0 Å². The molecule has 1 atom stereocenters. The summed E-state index contributed by atoms with van der Waals surface area (Å²) < 4.78 is 15.3. The van der Waals surface area contributed by atoms with Gasteiger partial charge in [0, 0.05) is 6.07 Å². The summed E-state index contributed by atoms with van der Waals surface area (Å²) in [5.74, 6) is 0.318. The zero-order valence-electron chi connectivity index (χ0n) is 12.9. The van der Waals surface area contributed by atoms with Gasteiger partial charge in [0.2, 0.25) is 0 Å². The van der Waals surface area contributed by atoms with Crippen LogP contribution in [0.5, 0.6) is 5.75 Å². The summed E-state index contributed by atoms with van der Waals surface area (Å²) >= 11 is 0. The molecule has 7 nitrogen and oxygen atoms in total. The number of esters is 1. The van der Waals surface area contributed by atoms with E-state index in [4.69, 9.17) is 14.0 Å². The average Bonchev–Trinajstić information content (AvgIpc) is 2.96. The first-order valence-corrected chi connectivity index (χ1v) is 7.20. The van der Waals surface area contributed by atoms with Gasteiger partial charge in [-0.3, -0.25) is 4.79 Å². The Morgan fingerprint density at radius 1 is 1.30 bits per heavy atom. The van der Waals surface area contributed by atoms with E-state index in [0.29, 0.717) is 17.9 Å². The van der Waals surface area contributed by atoms with Crippen molar-refractivity contribution in [3.63, 3.8) is 0 Å². The molecule has 122 valence electrons. The number of benzene rings is 1. The summed E-state index contributed by atoms with van der Waals surface area (Å²) in [6.45, 7) is 3.09. The second-order valence-corrected chi connectivity index (χ2v) is 4.81. The highest BCUT2D eigenvalue weighted by Crippen LogP contribution is 2.13. The largest absolute Gasteiger partial charge is 0.479 e. The number of aromatic nitrogens is 1. The second kappa shape index (κ2) is 7.98. The number of hydrogen-bond acceptors (Lipinski definition) is 6. The number of anilines is 1. The van der Waals surface area contributed by atoms with E-state index >= 15 is 0 Å². The van der Waals surface area contributed by atoms with E-state index in [1.165, 1.54) is 0 Å². The highest BCUT2D eigenvalue weighted by Gasteiger charge is 2.21. The van der Waals surface area contributed by atoms with Gasteiger partial charge in [-0.15, -0.1) is 0 Å². The zero-order valence-corrected chi connectivity index (χ0v) is 12.9. The number of nitrogens with zero attached hydrogens (tertiary/aromatic N) is 1. The van der Waals surface area contributed by atoms with Gasteiger partial charge < -0.3 is 19.3 Å². The molecule has 1 amide bonds. The Morgan fingerprint density at radius 3 is 2.65 bits per heavy atom. The van der Waals surface area contributed by atoms with Crippen molar-refractivity contribution < 1.29 is 23.6 Å². The molecule has 0 bridgehead atoms. The van der Waals surface area contributed by atoms with Crippen LogP contribution < -0.4 is 10.1 Å². The quantitative estimate of drug-likeness (QED) is 0.788. The van der Waals surface area contributed by atoms with Crippen molar-refractivity contribution in [1.29, 1.82) is 0 Å². The van der Waals surface area contributed by atoms with Crippen LogP contribution in [-0.4, -0.2) is 29.7 Å². The smallest absolute Gasteiger partial charge is 0.347 e. The van der Waals surface area contributed by atoms with Crippen molar-refractivity contribution >= 4 is 17.7 Å². The normalized spacial score (nSPS) is 11.6. The molecule has 0 spiro atoms. The Labute approximate surface area is 133 Å². The number of ether oxygens (including phenoxy) is 2. The predicted octanol–water partition coefficient (Wildman–Crippen LogP) is 2.32. The molecule has 23 heavy (non-hydrogen) atoms. The van der Waals surface area contributed by atoms with Crippen LogP contribution >= 0.6 is 0 Å². The maximum atomic E-state index is 12.0. The molecule has 1 aromatic heterocycles. The molecule has 0 fully saturated rings. The van der Waals surface area contributed by atoms with Gasteiger partial charge in [0.1, 0.15) is 11.5 Å². The molecule has 1 heterocycles. The van der Waals surface area contributed by atoms with Gasteiger partial charge in [-0.25, -0.2) is 4.79 Å². The lowest BCUT2D eigenvalue weighted by Crippen LogP contribution is -2.31.